The molecule has 1 atom stereocenters. The van der Waals surface area contributed by atoms with Gasteiger partial charge in [0.2, 0.25) is 0 Å². The molecule has 12 heteroatoms. The lowest BCUT2D eigenvalue weighted by molar-refractivity contribution is -0.203. The van der Waals surface area contributed by atoms with E-state index in [-0.39, 0.29) is 28.5 Å². The largest absolute Gasteiger partial charge is 0.496 e. The van der Waals surface area contributed by atoms with E-state index in [9.17, 15) is 27.6 Å². The highest BCUT2D eigenvalue weighted by Crippen LogP contribution is 2.44. The molecule has 1 aromatic heterocycles. The highest BCUT2D eigenvalue weighted by molar-refractivity contribution is 7.17. The van der Waals surface area contributed by atoms with Gasteiger partial charge in [-0.1, -0.05) is 49.4 Å². The molecule has 1 unspecified atom stereocenters. The Balaban J connectivity index is 2.26. The molecule has 0 saturated heterocycles. The van der Waals surface area contributed by atoms with Crippen molar-refractivity contribution in [1.29, 1.82) is 0 Å². The first-order valence-corrected chi connectivity index (χ1v) is 12.6. The summed E-state index contributed by atoms with van der Waals surface area (Å²) in [6.07, 6.45) is -5.07. The van der Waals surface area contributed by atoms with Crippen LogP contribution in [0.5, 0.6) is 5.75 Å². The van der Waals surface area contributed by atoms with Crippen LogP contribution in [-0.4, -0.2) is 50.5 Å². The highest BCUT2D eigenvalue weighted by atomic mass is 32.1. The Morgan fingerprint density at radius 1 is 0.949 bits per heavy atom. The molecule has 0 aliphatic rings. The fraction of sp³-hybridized carbons (Fsp3) is 0.296. The first-order valence-electron chi connectivity index (χ1n) is 11.8. The molecule has 0 saturated carbocycles. The fourth-order valence-corrected chi connectivity index (χ4v) is 5.11. The van der Waals surface area contributed by atoms with E-state index >= 15 is 0 Å². The number of hydrogen-bond donors (Lipinski definition) is 2. The molecule has 1 heterocycles. The maximum Gasteiger partial charge on any atom is 0.441 e. The van der Waals surface area contributed by atoms with Gasteiger partial charge in [0.05, 0.1) is 26.4 Å². The molecule has 0 bridgehead atoms. The Hall–Kier alpha value is -4.06. The molecule has 1 amide bonds. The minimum atomic E-state index is -5.42. The van der Waals surface area contributed by atoms with Crippen molar-refractivity contribution in [2.24, 2.45) is 0 Å². The predicted octanol–water partition coefficient (Wildman–Crippen LogP) is 5.44. The second-order valence-electron chi connectivity index (χ2n) is 8.06. The van der Waals surface area contributed by atoms with E-state index in [2.05, 4.69) is 10.1 Å². The molecule has 39 heavy (non-hydrogen) atoms. The topological polar surface area (TPSA) is 103 Å². The number of nitrogens with one attached hydrogen (secondary N) is 2. The van der Waals surface area contributed by atoms with Crippen LogP contribution in [0.1, 0.15) is 39.4 Å². The van der Waals surface area contributed by atoms with Crippen molar-refractivity contribution in [2.45, 2.75) is 32.1 Å². The number of halogens is 3. The Morgan fingerprint density at radius 3 is 2.15 bits per heavy atom. The summed E-state index contributed by atoms with van der Waals surface area (Å²) in [5, 5.41) is 3.58. The standard InChI is InChI=1S/C27H27F3N2O6S/c1-5-19-20(16-12-8-7-9-13-16)21(24(34)38-6-2)23(39-19)32-26(25(35)37-4,27(28,29)30)31-22(33)17-14-10-11-15-18(17)36-3/h7-15,32H,5-6H2,1-4H3,(H,31,33). The van der Waals surface area contributed by atoms with Gasteiger partial charge < -0.3 is 24.8 Å². The first-order chi connectivity index (χ1) is 18.5. The number of benzene rings is 2. The molecular weight excluding hydrogens is 537 g/mol. The molecule has 3 rings (SSSR count). The van der Waals surface area contributed by atoms with Crippen LogP contribution in [0, 0.1) is 0 Å². The Kier molecular flexibility index (Phi) is 9.23. The summed E-state index contributed by atoms with van der Waals surface area (Å²) in [7, 11) is 2.00. The lowest BCUT2D eigenvalue weighted by Crippen LogP contribution is -2.69. The maximum absolute atomic E-state index is 14.8. The number of anilines is 1. The van der Waals surface area contributed by atoms with Gasteiger partial charge in [-0.15, -0.1) is 11.3 Å². The number of alkyl halides is 3. The molecule has 0 aliphatic carbocycles. The average molecular weight is 565 g/mol. The van der Waals surface area contributed by atoms with Crippen molar-refractivity contribution in [2.75, 3.05) is 26.1 Å². The number of methoxy groups -OCH3 is 2. The van der Waals surface area contributed by atoms with Gasteiger partial charge in [-0.05, 0) is 31.0 Å². The molecule has 3 aromatic rings. The van der Waals surface area contributed by atoms with Gasteiger partial charge in [-0.25, -0.2) is 9.59 Å². The molecule has 0 radical (unpaired) electrons. The lowest BCUT2D eigenvalue weighted by Gasteiger charge is -2.35. The number of para-hydroxylation sites is 1. The molecule has 208 valence electrons. The molecule has 2 aromatic carbocycles. The van der Waals surface area contributed by atoms with Gasteiger partial charge in [0.1, 0.15) is 16.3 Å². The van der Waals surface area contributed by atoms with Gasteiger partial charge in [-0.3, -0.25) is 4.79 Å². The first kappa shape index (κ1) is 29.5. The third-order valence-corrected chi connectivity index (χ3v) is 6.96. The average Bonchev–Trinajstić information content (AvgIpc) is 3.30. The smallest absolute Gasteiger partial charge is 0.441 e. The van der Waals surface area contributed by atoms with Gasteiger partial charge in [0.25, 0.3) is 5.91 Å². The monoisotopic (exact) mass is 564 g/mol. The van der Waals surface area contributed by atoms with Crippen LogP contribution in [0.3, 0.4) is 0 Å². The molecule has 0 aliphatic heterocycles. The Bertz CT molecular complexity index is 1340. The summed E-state index contributed by atoms with van der Waals surface area (Å²) >= 11 is 0.841. The third kappa shape index (κ3) is 5.85. The summed E-state index contributed by atoms with van der Waals surface area (Å²) < 4.78 is 59.3. The zero-order valence-electron chi connectivity index (χ0n) is 21.6. The number of aryl methyl sites for hydroxylation is 1. The summed E-state index contributed by atoms with van der Waals surface area (Å²) in [6, 6.07) is 14.2. The number of hydrogen-bond acceptors (Lipinski definition) is 8. The molecule has 0 fully saturated rings. The number of carbonyl (C=O) groups excluding carboxylic acids is 3. The molecular formula is C27H27F3N2O6S. The van der Waals surface area contributed by atoms with Crippen LogP contribution < -0.4 is 15.4 Å². The number of carbonyl (C=O) groups is 3. The summed E-state index contributed by atoms with van der Waals surface area (Å²) in [4.78, 5) is 39.7. The van der Waals surface area contributed by atoms with Crippen molar-refractivity contribution in [3.05, 3.63) is 70.6 Å². The minimum Gasteiger partial charge on any atom is -0.496 e. The predicted molar refractivity (Wildman–Crippen MR) is 140 cm³/mol. The highest BCUT2D eigenvalue weighted by Gasteiger charge is 2.64. The van der Waals surface area contributed by atoms with Crippen molar-refractivity contribution in [3.63, 3.8) is 0 Å². The van der Waals surface area contributed by atoms with Crippen molar-refractivity contribution >= 4 is 34.2 Å². The molecule has 0 spiro atoms. The quantitative estimate of drug-likeness (QED) is 0.250. The van der Waals surface area contributed by atoms with Crippen LogP contribution >= 0.6 is 11.3 Å². The third-order valence-electron chi connectivity index (χ3n) is 5.71. The van der Waals surface area contributed by atoms with Crippen molar-refractivity contribution in [1.82, 2.24) is 5.32 Å². The normalized spacial score (nSPS) is 12.7. The zero-order chi connectivity index (χ0) is 28.8. The van der Waals surface area contributed by atoms with Crippen LogP contribution in [0.2, 0.25) is 0 Å². The minimum absolute atomic E-state index is 0.0149. The Morgan fingerprint density at radius 2 is 1.59 bits per heavy atom. The van der Waals surface area contributed by atoms with Crippen molar-refractivity contribution < 1.29 is 41.8 Å². The van der Waals surface area contributed by atoms with E-state index in [1.165, 1.54) is 31.4 Å². The van der Waals surface area contributed by atoms with Crippen LogP contribution in [-0.2, 0) is 20.7 Å². The second-order valence-corrected chi connectivity index (χ2v) is 9.17. The Labute approximate surface area is 227 Å². The second kappa shape index (κ2) is 12.2. The van der Waals surface area contributed by atoms with Gasteiger partial charge in [0.15, 0.2) is 0 Å². The van der Waals surface area contributed by atoms with Gasteiger partial charge in [-0.2, -0.15) is 13.2 Å². The fourth-order valence-electron chi connectivity index (χ4n) is 3.91. The van der Waals surface area contributed by atoms with Gasteiger partial charge in [0, 0.05) is 10.4 Å². The van der Waals surface area contributed by atoms with Crippen LogP contribution in [0.15, 0.2) is 54.6 Å². The van der Waals surface area contributed by atoms with E-state index in [1.807, 2.05) is 0 Å². The number of thiophene rings is 1. The lowest BCUT2D eigenvalue weighted by atomic mass is 9.99. The van der Waals surface area contributed by atoms with Gasteiger partial charge >= 0.3 is 23.8 Å². The molecule has 2 N–H and O–H groups in total. The van der Waals surface area contributed by atoms with E-state index in [1.54, 1.807) is 49.5 Å². The summed E-state index contributed by atoms with van der Waals surface area (Å²) in [6.45, 7) is 3.29. The van der Waals surface area contributed by atoms with Crippen LogP contribution in [0.25, 0.3) is 11.1 Å². The number of rotatable bonds is 10. The SMILES string of the molecule is CCOC(=O)c1c(NC(NC(=O)c2ccccc2OC)(C(=O)OC)C(F)(F)F)sc(CC)c1-c1ccccc1. The van der Waals surface area contributed by atoms with E-state index in [0.717, 1.165) is 18.4 Å². The van der Waals surface area contributed by atoms with E-state index < -0.39 is 29.7 Å². The number of ether oxygens (including phenoxy) is 3. The summed E-state index contributed by atoms with van der Waals surface area (Å²) in [5.74, 6) is -4.03. The van der Waals surface area contributed by atoms with Crippen molar-refractivity contribution in [3.8, 4) is 16.9 Å². The molecule has 8 nitrogen and oxygen atoms in total. The number of amides is 1. The number of esters is 2. The van der Waals surface area contributed by atoms with Crippen LogP contribution in [0.4, 0.5) is 18.2 Å². The van der Waals surface area contributed by atoms with E-state index in [0.29, 0.717) is 22.4 Å². The zero-order valence-corrected chi connectivity index (χ0v) is 22.4. The maximum atomic E-state index is 14.8. The van der Waals surface area contributed by atoms with E-state index in [4.69, 9.17) is 9.47 Å². The summed E-state index contributed by atoms with van der Waals surface area (Å²) in [5.41, 5.74) is -3.30.